The predicted octanol–water partition coefficient (Wildman–Crippen LogP) is 2.74. The van der Waals surface area contributed by atoms with Gasteiger partial charge in [0.15, 0.2) is 0 Å². The van der Waals surface area contributed by atoms with Crippen molar-refractivity contribution < 1.29 is 18.4 Å². The van der Waals surface area contributed by atoms with Crippen LogP contribution in [-0.4, -0.2) is 43.6 Å². The SMILES string of the molecule is C[C@@H]1CN(c2ccc(B3OC(C)(C)C(C)(C)O3)cc2F)C[C@H](C)O1. The number of hydrogen-bond donors (Lipinski definition) is 0. The summed E-state index contributed by atoms with van der Waals surface area (Å²) in [6, 6.07) is 5.24. The summed E-state index contributed by atoms with van der Waals surface area (Å²) in [5, 5.41) is 0. The maximum atomic E-state index is 14.7. The summed E-state index contributed by atoms with van der Waals surface area (Å²) in [4.78, 5) is 2.04. The molecule has 2 atom stereocenters. The van der Waals surface area contributed by atoms with Crippen LogP contribution in [0.1, 0.15) is 41.5 Å². The average Bonchev–Trinajstić information content (AvgIpc) is 2.66. The summed E-state index contributed by atoms with van der Waals surface area (Å²) < 4.78 is 32.5. The van der Waals surface area contributed by atoms with Crippen molar-refractivity contribution in [3.05, 3.63) is 24.0 Å². The number of benzene rings is 1. The smallest absolute Gasteiger partial charge is 0.399 e. The Kier molecular flexibility index (Phi) is 4.43. The van der Waals surface area contributed by atoms with Gasteiger partial charge in [0.05, 0.1) is 29.1 Å². The van der Waals surface area contributed by atoms with Crippen molar-refractivity contribution in [2.45, 2.75) is 65.0 Å². The van der Waals surface area contributed by atoms with Crippen LogP contribution in [0.2, 0.25) is 0 Å². The van der Waals surface area contributed by atoms with Crippen molar-refractivity contribution in [3.63, 3.8) is 0 Å². The van der Waals surface area contributed by atoms with E-state index in [1.54, 1.807) is 0 Å². The molecule has 2 aliphatic rings. The summed E-state index contributed by atoms with van der Waals surface area (Å²) >= 11 is 0. The van der Waals surface area contributed by atoms with Crippen molar-refractivity contribution in [1.29, 1.82) is 0 Å². The molecule has 1 aromatic rings. The Morgan fingerprint density at radius 3 is 2.08 bits per heavy atom. The Balaban J connectivity index is 1.81. The van der Waals surface area contributed by atoms with Crippen LogP contribution in [0.3, 0.4) is 0 Å². The van der Waals surface area contributed by atoms with Crippen molar-refractivity contribution in [2.24, 2.45) is 0 Å². The molecule has 1 aromatic carbocycles. The van der Waals surface area contributed by atoms with Crippen LogP contribution >= 0.6 is 0 Å². The molecule has 24 heavy (non-hydrogen) atoms. The van der Waals surface area contributed by atoms with Crippen molar-refractivity contribution >= 4 is 18.3 Å². The Bertz CT molecular complexity index is 596. The van der Waals surface area contributed by atoms with E-state index in [1.807, 2.05) is 58.6 Å². The molecule has 0 radical (unpaired) electrons. The van der Waals surface area contributed by atoms with E-state index in [0.717, 1.165) is 0 Å². The number of hydrogen-bond acceptors (Lipinski definition) is 4. The zero-order valence-electron chi connectivity index (χ0n) is 15.4. The highest BCUT2D eigenvalue weighted by atomic mass is 19.1. The minimum Gasteiger partial charge on any atom is -0.399 e. The maximum Gasteiger partial charge on any atom is 0.494 e. The fourth-order valence-electron chi connectivity index (χ4n) is 3.28. The maximum absolute atomic E-state index is 14.7. The molecule has 3 rings (SSSR count). The highest BCUT2D eigenvalue weighted by Gasteiger charge is 2.51. The first-order chi connectivity index (χ1) is 11.1. The minimum atomic E-state index is -0.541. The van der Waals surface area contributed by atoms with Gasteiger partial charge in [0.1, 0.15) is 5.82 Å². The van der Waals surface area contributed by atoms with Gasteiger partial charge in [-0.2, -0.15) is 0 Å². The lowest BCUT2D eigenvalue weighted by molar-refractivity contribution is -0.00539. The number of halogens is 1. The Labute approximate surface area is 144 Å². The molecule has 0 unspecified atom stereocenters. The van der Waals surface area contributed by atoms with E-state index in [4.69, 9.17) is 14.0 Å². The van der Waals surface area contributed by atoms with Gasteiger partial charge in [-0.1, -0.05) is 6.07 Å². The number of rotatable bonds is 2. The summed E-state index contributed by atoms with van der Waals surface area (Å²) in [6.45, 7) is 13.4. The molecular formula is C18H27BFNO3. The van der Waals surface area contributed by atoms with Crippen LogP contribution in [-0.2, 0) is 14.0 Å². The molecule has 0 aliphatic carbocycles. The molecule has 2 heterocycles. The van der Waals surface area contributed by atoms with Gasteiger partial charge in [-0.25, -0.2) is 4.39 Å². The summed E-state index contributed by atoms with van der Waals surface area (Å²) in [5.41, 5.74) is 0.463. The van der Waals surface area contributed by atoms with Crippen molar-refractivity contribution in [3.8, 4) is 0 Å². The van der Waals surface area contributed by atoms with Crippen molar-refractivity contribution in [2.75, 3.05) is 18.0 Å². The number of nitrogens with zero attached hydrogens (tertiary/aromatic N) is 1. The largest absolute Gasteiger partial charge is 0.494 e. The van der Waals surface area contributed by atoms with Gasteiger partial charge in [0, 0.05) is 13.1 Å². The fraction of sp³-hybridized carbons (Fsp3) is 0.667. The van der Waals surface area contributed by atoms with Gasteiger partial charge in [-0.05, 0) is 59.1 Å². The third-order valence-electron chi connectivity index (χ3n) is 5.26. The fourth-order valence-corrected chi connectivity index (χ4v) is 3.28. The third kappa shape index (κ3) is 3.19. The highest BCUT2D eigenvalue weighted by molar-refractivity contribution is 6.62. The molecule has 6 heteroatoms. The van der Waals surface area contributed by atoms with E-state index in [1.165, 1.54) is 6.07 Å². The molecule has 2 fully saturated rings. The average molecular weight is 335 g/mol. The van der Waals surface area contributed by atoms with Gasteiger partial charge in [0.2, 0.25) is 0 Å². The van der Waals surface area contributed by atoms with Crippen LogP contribution in [0.5, 0.6) is 0 Å². The van der Waals surface area contributed by atoms with Gasteiger partial charge in [-0.15, -0.1) is 0 Å². The molecule has 0 N–H and O–H groups in total. The minimum absolute atomic E-state index is 0.0934. The summed E-state index contributed by atoms with van der Waals surface area (Å²) in [6.07, 6.45) is 0.187. The summed E-state index contributed by atoms with van der Waals surface area (Å²) in [7, 11) is -0.541. The molecule has 132 valence electrons. The lowest BCUT2D eigenvalue weighted by atomic mass is 9.79. The first-order valence-electron chi connectivity index (χ1n) is 8.64. The topological polar surface area (TPSA) is 30.9 Å². The zero-order valence-corrected chi connectivity index (χ0v) is 15.4. The third-order valence-corrected chi connectivity index (χ3v) is 5.26. The molecule has 0 saturated carbocycles. The van der Waals surface area contributed by atoms with Crippen LogP contribution in [0.4, 0.5) is 10.1 Å². The second-order valence-corrected chi connectivity index (χ2v) is 7.96. The number of morpholine rings is 1. The molecule has 2 aliphatic heterocycles. The van der Waals surface area contributed by atoms with E-state index in [0.29, 0.717) is 24.2 Å². The normalized spacial score (nSPS) is 29.1. The van der Waals surface area contributed by atoms with Gasteiger partial charge >= 0.3 is 7.12 Å². The van der Waals surface area contributed by atoms with Crippen LogP contribution < -0.4 is 10.4 Å². The molecule has 4 nitrogen and oxygen atoms in total. The quantitative estimate of drug-likeness (QED) is 0.778. The highest BCUT2D eigenvalue weighted by Crippen LogP contribution is 2.36. The predicted molar refractivity (Wildman–Crippen MR) is 94.3 cm³/mol. The van der Waals surface area contributed by atoms with Gasteiger partial charge < -0.3 is 18.9 Å². The van der Waals surface area contributed by atoms with Crippen LogP contribution in [0, 0.1) is 5.82 Å². The van der Waals surface area contributed by atoms with Crippen LogP contribution in [0.25, 0.3) is 0 Å². The standard InChI is InChI=1S/C18H27BFNO3/c1-12-10-21(11-13(2)22-12)16-8-7-14(9-15(16)20)19-23-17(3,4)18(5,6)24-19/h7-9,12-13H,10-11H2,1-6H3/t12-,13+. The number of ether oxygens (including phenoxy) is 1. The first kappa shape index (κ1) is 17.7. The molecular weight excluding hydrogens is 308 g/mol. The Morgan fingerprint density at radius 2 is 1.58 bits per heavy atom. The van der Waals surface area contributed by atoms with E-state index in [2.05, 4.69) is 0 Å². The molecule has 0 amide bonds. The molecule has 0 bridgehead atoms. The monoisotopic (exact) mass is 335 g/mol. The zero-order chi connectivity index (χ0) is 17.7. The molecule has 0 spiro atoms. The van der Waals surface area contributed by atoms with E-state index in [9.17, 15) is 4.39 Å². The lowest BCUT2D eigenvalue weighted by Gasteiger charge is -2.37. The molecule has 0 aromatic heterocycles. The second-order valence-electron chi connectivity index (χ2n) is 7.96. The summed E-state index contributed by atoms with van der Waals surface area (Å²) in [5.74, 6) is -0.247. The number of anilines is 1. The van der Waals surface area contributed by atoms with Crippen LogP contribution in [0.15, 0.2) is 18.2 Å². The second kappa shape index (κ2) is 6.01. The van der Waals surface area contributed by atoms with Gasteiger partial charge in [0.25, 0.3) is 0 Å². The van der Waals surface area contributed by atoms with E-state index < -0.39 is 18.3 Å². The van der Waals surface area contributed by atoms with Gasteiger partial charge in [-0.3, -0.25) is 0 Å². The van der Waals surface area contributed by atoms with E-state index >= 15 is 0 Å². The molecule has 2 saturated heterocycles. The Hall–Kier alpha value is -1.11. The first-order valence-corrected chi connectivity index (χ1v) is 8.64. The van der Waals surface area contributed by atoms with Crippen molar-refractivity contribution in [1.82, 2.24) is 0 Å². The van der Waals surface area contributed by atoms with E-state index in [-0.39, 0.29) is 18.0 Å². The Morgan fingerprint density at radius 1 is 1.04 bits per heavy atom. The lowest BCUT2D eigenvalue weighted by Crippen LogP contribution is -2.46.